The van der Waals surface area contributed by atoms with Gasteiger partial charge in [-0.15, -0.1) is 0 Å². The lowest BCUT2D eigenvalue weighted by Gasteiger charge is -2.37. The molecule has 0 unspecified atom stereocenters. The van der Waals surface area contributed by atoms with Crippen molar-refractivity contribution in [2.24, 2.45) is 0 Å². The van der Waals surface area contributed by atoms with E-state index in [1.165, 1.54) is 0 Å². The summed E-state index contributed by atoms with van der Waals surface area (Å²) in [6.45, 7) is 6.10. The molecule has 6 nitrogen and oxygen atoms in total. The average Bonchev–Trinajstić information content (AvgIpc) is 3.72. The largest absolute Gasteiger partial charge is 0.438 e. The number of carbonyl (C=O) groups excluding carboxylic acids is 1. The van der Waals surface area contributed by atoms with Crippen LogP contribution in [0.5, 0.6) is 0 Å². The highest BCUT2D eigenvalue weighted by molar-refractivity contribution is 5.70. The van der Waals surface area contributed by atoms with E-state index in [0.717, 1.165) is 41.5 Å². The smallest absolute Gasteiger partial charge is 0.411 e. The summed E-state index contributed by atoms with van der Waals surface area (Å²) in [5, 5.41) is 10.7. The summed E-state index contributed by atoms with van der Waals surface area (Å²) in [5.41, 5.74) is 1.95. The number of benzene rings is 2. The Morgan fingerprint density at radius 3 is 2.35 bits per heavy atom. The fourth-order valence-electron chi connectivity index (χ4n) is 5.58. The lowest BCUT2D eigenvalue weighted by Crippen LogP contribution is -2.41. The molecule has 1 saturated carbocycles. The summed E-state index contributed by atoms with van der Waals surface area (Å²) >= 11 is 0. The van der Waals surface area contributed by atoms with E-state index < -0.39 is 11.2 Å². The predicted molar refractivity (Wildman–Crippen MR) is 144 cm³/mol. The van der Waals surface area contributed by atoms with Gasteiger partial charge in [-0.25, -0.2) is 4.79 Å². The summed E-state index contributed by atoms with van der Waals surface area (Å²) in [6.07, 6.45) is 5.41. The van der Waals surface area contributed by atoms with Crippen LogP contribution in [0.2, 0.25) is 0 Å². The number of cyclic esters (lactones) is 1. The molecule has 2 heterocycles. The second-order valence-corrected chi connectivity index (χ2v) is 11.2. The van der Waals surface area contributed by atoms with Gasteiger partial charge in [0.05, 0.1) is 11.6 Å². The SMILES string of the molecule is C[C@@H](c1ccc(-c2ccn(C3CC3)c(=O)c2)cc1)N1CCC[C@](CC(C)(C)O)(c2ccccc2)OC1=O. The second-order valence-electron chi connectivity index (χ2n) is 11.2. The molecule has 1 aromatic heterocycles. The van der Waals surface area contributed by atoms with Gasteiger partial charge in [-0.2, -0.15) is 0 Å². The van der Waals surface area contributed by atoms with Crippen LogP contribution in [0.25, 0.3) is 11.1 Å². The normalized spacial score (nSPS) is 21.3. The molecular formula is C31H36N2O4. The topological polar surface area (TPSA) is 71.8 Å². The molecule has 1 saturated heterocycles. The zero-order chi connectivity index (χ0) is 26.2. The number of aliphatic hydroxyl groups is 1. The zero-order valence-electron chi connectivity index (χ0n) is 21.9. The van der Waals surface area contributed by atoms with Crippen molar-refractivity contribution in [1.29, 1.82) is 0 Å². The maximum atomic E-state index is 13.5. The van der Waals surface area contributed by atoms with E-state index in [2.05, 4.69) is 0 Å². The monoisotopic (exact) mass is 500 g/mol. The Morgan fingerprint density at radius 2 is 1.73 bits per heavy atom. The molecule has 194 valence electrons. The standard InChI is InChI=1S/C31H36N2O4/c1-22(23-10-12-24(13-11-23)25-16-19-33(27-14-15-27)28(34)20-25)32-18-7-17-31(37-29(32)35,21-30(2,3)36)26-8-5-4-6-9-26/h4-6,8-13,16,19-20,22,27,36H,7,14-15,17-18,21H2,1-3H3/t22-,31-/m0/s1. The first-order valence-electron chi connectivity index (χ1n) is 13.3. The van der Waals surface area contributed by atoms with Crippen molar-refractivity contribution < 1.29 is 14.6 Å². The molecule has 1 aliphatic heterocycles. The highest BCUT2D eigenvalue weighted by atomic mass is 16.6. The van der Waals surface area contributed by atoms with E-state index in [4.69, 9.17) is 4.74 Å². The number of nitrogens with zero attached hydrogens (tertiary/aromatic N) is 2. The highest BCUT2D eigenvalue weighted by Gasteiger charge is 2.44. The van der Waals surface area contributed by atoms with E-state index in [9.17, 15) is 14.7 Å². The molecule has 1 N–H and O–H groups in total. The summed E-state index contributed by atoms with van der Waals surface area (Å²) in [5.74, 6) is 0. The first-order valence-corrected chi connectivity index (χ1v) is 13.3. The molecule has 5 rings (SSSR count). The van der Waals surface area contributed by atoms with Crippen molar-refractivity contribution in [3.63, 3.8) is 0 Å². The number of hydrogen-bond acceptors (Lipinski definition) is 4. The van der Waals surface area contributed by atoms with E-state index in [1.54, 1.807) is 24.8 Å². The fourth-order valence-corrected chi connectivity index (χ4v) is 5.58. The van der Waals surface area contributed by atoms with Gasteiger partial charge in [0.25, 0.3) is 5.56 Å². The van der Waals surface area contributed by atoms with Crippen LogP contribution in [0.4, 0.5) is 4.79 Å². The van der Waals surface area contributed by atoms with Crippen molar-refractivity contribution in [2.75, 3.05) is 6.54 Å². The molecule has 2 aromatic carbocycles. The van der Waals surface area contributed by atoms with Crippen LogP contribution in [0, 0.1) is 0 Å². The Hall–Kier alpha value is -3.38. The number of amides is 1. The third kappa shape index (κ3) is 5.49. The number of pyridine rings is 1. The van der Waals surface area contributed by atoms with Gasteiger partial charge in [0, 0.05) is 31.3 Å². The minimum absolute atomic E-state index is 0.0395. The van der Waals surface area contributed by atoms with Crippen molar-refractivity contribution in [2.45, 2.75) is 76.2 Å². The number of carbonyl (C=O) groups is 1. The van der Waals surface area contributed by atoms with Crippen LogP contribution in [0.1, 0.15) is 76.1 Å². The molecule has 0 bridgehead atoms. The average molecular weight is 501 g/mol. The van der Waals surface area contributed by atoms with Crippen LogP contribution in [0.3, 0.4) is 0 Å². The van der Waals surface area contributed by atoms with Gasteiger partial charge >= 0.3 is 6.09 Å². The number of ether oxygens (including phenoxy) is 1. The molecule has 2 fully saturated rings. The Labute approximate surface area is 218 Å². The summed E-state index contributed by atoms with van der Waals surface area (Å²) in [7, 11) is 0. The van der Waals surface area contributed by atoms with Crippen molar-refractivity contribution in [3.05, 3.63) is 94.4 Å². The van der Waals surface area contributed by atoms with Crippen LogP contribution >= 0.6 is 0 Å². The number of hydrogen-bond donors (Lipinski definition) is 1. The molecular weight excluding hydrogens is 464 g/mol. The van der Waals surface area contributed by atoms with Gasteiger partial charge < -0.3 is 19.3 Å². The van der Waals surface area contributed by atoms with Crippen LogP contribution in [0.15, 0.2) is 77.7 Å². The van der Waals surface area contributed by atoms with Gasteiger partial charge in [0.1, 0.15) is 5.60 Å². The first kappa shape index (κ1) is 25.3. The van der Waals surface area contributed by atoms with Crippen LogP contribution in [-0.4, -0.2) is 32.8 Å². The van der Waals surface area contributed by atoms with E-state index in [-0.39, 0.29) is 17.7 Å². The Morgan fingerprint density at radius 1 is 1.03 bits per heavy atom. The Kier molecular flexibility index (Phi) is 6.71. The summed E-state index contributed by atoms with van der Waals surface area (Å²) in [6, 6.07) is 21.7. The van der Waals surface area contributed by atoms with Crippen LogP contribution < -0.4 is 5.56 Å². The second kappa shape index (κ2) is 9.82. The van der Waals surface area contributed by atoms with E-state index in [1.807, 2.05) is 78.4 Å². The van der Waals surface area contributed by atoms with E-state index >= 15 is 0 Å². The minimum Gasteiger partial charge on any atom is -0.438 e. The number of aromatic nitrogens is 1. The molecule has 1 aliphatic carbocycles. The predicted octanol–water partition coefficient (Wildman–Crippen LogP) is 6.20. The van der Waals surface area contributed by atoms with Crippen molar-refractivity contribution in [3.8, 4) is 11.1 Å². The molecule has 2 atom stereocenters. The Bertz CT molecular complexity index is 1310. The lowest BCUT2D eigenvalue weighted by molar-refractivity contribution is -0.0663. The maximum absolute atomic E-state index is 13.5. The third-order valence-corrected chi connectivity index (χ3v) is 7.60. The lowest BCUT2D eigenvalue weighted by atomic mass is 9.80. The van der Waals surface area contributed by atoms with Gasteiger partial charge in [0.15, 0.2) is 0 Å². The first-order chi connectivity index (χ1) is 17.7. The fraction of sp³-hybridized carbons (Fsp3) is 0.419. The zero-order valence-corrected chi connectivity index (χ0v) is 21.9. The van der Waals surface area contributed by atoms with Gasteiger partial charge in [-0.05, 0) is 74.8 Å². The molecule has 1 amide bonds. The molecule has 0 spiro atoms. The van der Waals surface area contributed by atoms with E-state index in [0.29, 0.717) is 25.4 Å². The van der Waals surface area contributed by atoms with Crippen molar-refractivity contribution in [1.82, 2.24) is 9.47 Å². The van der Waals surface area contributed by atoms with Gasteiger partial charge in [-0.3, -0.25) is 4.79 Å². The maximum Gasteiger partial charge on any atom is 0.411 e. The van der Waals surface area contributed by atoms with Gasteiger partial charge in [-0.1, -0.05) is 54.6 Å². The van der Waals surface area contributed by atoms with Crippen molar-refractivity contribution >= 4 is 6.09 Å². The molecule has 2 aliphatic rings. The highest BCUT2D eigenvalue weighted by Crippen LogP contribution is 2.42. The molecule has 3 aromatic rings. The summed E-state index contributed by atoms with van der Waals surface area (Å²) in [4.78, 5) is 27.8. The minimum atomic E-state index is -0.994. The molecule has 37 heavy (non-hydrogen) atoms. The molecule has 0 radical (unpaired) electrons. The Balaban J connectivity index is 1.35. The molecule has 6 heteroatoms. The third-order valence-electron chi connectivity index (χ3n) is 7.60. The van der Waals surface area contributed by atoms with Crippen LogP contribution in [-0.2, 0) is 10.3 Å². The number of rotatable bonds is 7. The summed E-state index contributed by atoms with van der Waals surface area (Å²) < 4.78 is 8.07. The quantitative estimate of drug-likeness (QED) is 0.419. The van der Waals surface area contributed by atoms with Gasteiger partial charge in [0.2, 0.25) is 0 Å².